The van der Waals surface area contributed by atoms with Gasteiger partial charge in [-0.25, -0.2) is 0 Å². The van der Waals surface area contributed by atoms with Crippen LogP contribution in [-0.2, 0) is 17.8 Å². The van der Waals surface area contributed by atoms with Crippen LogP contribution in [0.1, 0.15) is 59.2 Å². The van der Waals surface area contributed by atoms with Gasteiger partial charge in [0.2, 0.25) is 5.91 Å². The number of amides is 1. The van der Waals surface area contributed by atoms with Crippen LogP contribution >= 0.6 is 12.2 Å². The van der Waals surface area contributed by atoms with E-state index in [0.29, 0.717) is 18.1 Å². The van der Waals surface area contributed by atoms with Gasteiger partial charge in [-0.2, -0.15) is 0 Å². The van der Waals surface area contributed by atoms with Crippen molar-refractivity contribution in [2.45, 2.75) is 52.2 Å². The van der Waals surface area contributed by atoms with Crippen molar-refractivity contribution in [3.8, 4) is 0 Å². The highest BCUT2D eigenvalue weighted by atomic mass is 32.1. The van der Waals surface area contributed by atoms with Crippen molar-refractivity contribution in [1.82, 2.24) is 19.8 Å². The number of para-hydroxylation sites is 1. The lowest BCUT2D eigenvalue weighted by atomic mass is 9.96. The van der Waals surface area contributed by atoms with Gasteiger partial charge in [0.1, 0.15) is 0 Å². The third-order valence-corrected chi connectivity index (χ3v) is 7.92. The summed E-state index contributed by atoms with van der Waals surface area (Å²) in [4.78, 5) is 19.9. The largest absolute Gasteiger partial charge is 0.352 e. The van der Waals surface area contributed by atoms with Gasteiger partial charge in [-0.05, 0) is 73.4 Å². The standard InChI is InChI=1S/C32H35N5OS/c1-4-25-14-8-9-15-27(25)34-29(38)17-19-36-31(30(35-32(36)39)28-16-10-11-18-33-28)26-20-22(2)37(23(26)3)21-24-12-6-5-7-13-24/h5-16,18,20,30-31H,4,17,19,21H2,1-3H3,(H,34,38)(H,35,39)/t30-,31+/m0/s1. The minimum absolute atomic E-state index is 0.0201. The maximum absolute atomic E-state index is 13.0. The van der Waals surface area contributed by atoms with E-state index in [1.165, 1.54) is 22.5 Å². The molecular formula is C32H35N5OS. The molecule has 0 aliphatic carbocycles. The first-order valence-corrected chi connectivity index (χ1v) is 13.9. The highest BCUT2D eigenvalue weighted by molar-refractivity contribution is 7.80. The van der Waals surface area contributed by atoms with Crippen molar-refractivity contribution in [2.24, 2.45) is 0 Å². The van der Waals surface area contributed by atoms with Crippen molar-refractivity contribution >= 4 is 28.9 Å². The molecule has 5 rings (SSSR count). The van der Waals surface area contributed by atoms with Crippen LogP contribution in [0.4, 0.5) is 5.69 Å². The topological polar surface area (TPSA) is 62.2 Å². The number of thiocarbonyl (C=S) groups is 1. The number of hydrogen-bond donors (Lipinski definition) is 2. The van der Waals surface area contributed by atoms with E-state index in [1.807, 2.05) is 54.7 Å². The van der Waals surface area contributed by atoms with Gasteiger partial charge in [-0.1, -0.05) is 61.5 Å². The van der Waals surface area contributed by atoms with Gasteiger partial charge in [-0.15, -0.1) is 0 Å². The van der Waals surface area contributed by atoms with E-state index in [4.69, 9.17) is 12.2 Å². The normalized spacial score (nSPS) is 16.8. The Labute approximate surface area is 236 Å². The Morgan fingerprint density at radius 3 is 2.51 bits per heavy atom. The molecular weight excluding hydrogens is 502 g/mol. The summed E-state index contributed by atoms with van der Waals surface area (Å²) < 4.78 is 2.36. The summed E-state index contributed by atoms with van der Waals surface area (Å²) in [6, 6.07) is 26.5. The Bertz CT molecular complexity index is 1450. The molecule has 2 aromatic carbocycles. The van der Waals surface area contributed by atoms with Crippen molar-refractivity contribution < 1.29 is 4.79 Å². The third kappa shape index (κ3) is 5.73. The van der Waals surface area contributed by atoms with E-state index in [1.54, 1.807) is 0 Å². The van der Waals surface area contributed by atoms with Crippen LogP contribution in [-0.4, -0.2) is 32.0 Å². The SMILES string of the molecule is CCc1ccccc1NC(=O)CCN1C(=S)N[C@@H](c2ccccn2)[C@H]1c1cc(C)n(Cc2ccccc2)c1C. The number of anilines is 1. The fourth-order valence-electron chi connectivity index (χ4n) is 5.51. The van der Waals surface area contributed by atoms with Crippen LogP contribution in [0.5, 0.6) is 0 Å². The second-order valence-corrected chi connectivity index (χ2v) is 10.4. The van der Waals surface area contributed by atoms with E-state index in [-0.39, 0.29) is 18.0 Å². The molecule has 0 radical (unpaired) electrons. The summed E-state index contributed by atoms with van der Waals surface area (Å²) in [5.41, 5.74) is 7.78. The summed E-state index contributed by atoms with van der Waals surface area (Å²) in [7, 11) is 0. The lowest BCUT2D eigenvalue weighted by Gasteiger charge is -2.28. The molecule has 0 unspecified atom stereocenters. The average molecular weight is 538 g/mol. The predicted molar refractivity (Wildman–Crippen MR) is 161 cm³/mol. The van der Waals surface area contributed by atoms with Gasteiger partial charge in [-0.3, -0.25) is 9.78 Å². The smallest absolute Gasteiger partial charge is 0.226 e. The van der Waals surface area contributed by atoms with Gasteiger partial charge in [0.05, 0.1) is 17.8 Å². The first-order valence-electron chi connectivity index (χ1n) is 13.5. The summed E-state index contributed by atoms with van der Waals surface area (Å²) in [5.74, 6) is -0.0201. The molecule has 6 nitrogen and oxygen atoms in total. The molecule has 7 heteroatoms. The van der Waals surface area contributed by atoms with E-state index in [0.717, 1.165) is 29.9 Å². The first-order chi connectivity index (χ1) is 19.0. The van der Waals surface area contributed by atoms with E-state index in [9.17, 15) is 4.79 Å². The van der Waals surface area contributed by atoms with E-state index >= 15 is 0 Å². The number of aromatic nitrogens is 2. The number of benzene rings is 2. The minimum Gasteiger partial charge on any atom is -0.352 e. The summed E-state index contributed by atoms with van der Waals surface area (Å²) in [5, 5.41) is 7.27. The molecule has 1 saturated heterocycles. The molecule has 0 bridgehead atoms. The van der Waals surface area contributed by atoms with Crippen molar-refractivity contribution in [3.05, 3.63) is 119 Å². The van der Waals surface area contributed by atoms with Crippen LogP contribution < -0.4 is 10.6 Å². The monoisotopic (exact) mass is 537 g/mol. The molecule has 39 heavy (non-hydrogen) atoms. The third-order valence-electron chi connectivity index (χ3n) is 7.56. The molecule has 1 aliphatic heterocycles. The molecule has 0 spiro atoms. The van der Waals surface area contributed by atoms with Gasteiger partial charge >= 0.3 is 0 Å². The Morgan fingerprint density at radius 2 is 1.77 bits per heavy atom. The fraction of sp³-hybridized carbons (Fsp3) is 0.281. The number of rotatable bonds is 9. The fourth-order valence-corrected chi connectivity index (χ4v) is 5.84. The lowest BCUT2D eigenvalue weighted by Crippen LogP contribution is -2.33. The molecule has 1 fully saturated rings. The van der Waals surface area contributed by atoms with Gasteiger partial charge in [0.15, 0.2) is 5.11 Å². The Morgan fingerprint density at radius 1 is 1.03 bits per heavy atom. The second kappa shape index (κ2) is 11.8. The number of nitrogens with zero attached hydrogens (tertiary/aromatic N) is 3. The molecule has 2 aromatic heterocycles. The predicted octanol–water partition coefficient (Wildman–Crippen LogP) is 6.11. The van der Waals surface area contributed by atoms with Gasteiger partial charge in [0.25, 0.3) is 0 Å². The van der Waals surface area contributed by atoms with Crippen LogP contribution in [0.2, 0.25) is 0 Å². The maximum Gasteiger partial charge on any atom is 0.226 e. The second-order valence-electron chi connectivity index (χ2n) is 10.0. The zero-order chi connectivity index (χ0) is 27.4. The molecule has 3 heterocycles. The Hall–Kier alpha value is -3.97. The summed E-state index contributed by atoms with van der Waals surface area (Å²) >= 11 is 5.85. The van der Waals surface area contributed by atoms with Crippen LogP contribution in [0.15, 0.2) is 85.1 Å². The van der Waals surface area contributed by atoms with E-state index < -0.39 is 0 Å². The summed E-state index contributed by atoms with van der Waals surface area (Å²) in [6.45, 7) is 7.72. The number of carbonyl (C=O) groups is 1. The molecule has 0 saturated carbocycles. The van der Waals surface area contributed by atoms with Crippen molar-refractivity contribution in [3.63, 3.8) is 0 Å². The molecule has 1 aliphatic rings. The van der Waals surface area contributed by atoms with Crippen LogP contribution in [0.3, 0.4) is 0 Å². The number of aryl methyl sites for hydroxylation is 2. The highest BCUT2D eigenvalue weighted by Gasteiger charge is 2.41. The molecule has 2 N–H and O–H groups in total. The highest BCUT2D eigenvalue weighted by Crippen LogP contribution is 2.41. The maximum atomic E-state index is 13.0. The van der Waals surface area contributed by atoms with E-state index in [2.05, 4.69) is 76.2 Å². The van der Waals surface area contributed by atoms with Crippen LogP contribution in [0, 0.1) is 13.8 Å². The first kappa shape index (κ1) is 26.6. The van der Waals surface area contributed by atoms with Gasteiger partial charge in [0, 0.05) is 42.8 Å². The van der Waals surface area contributed by atoms with Crippen molar-refractivity contribution in [1.29, 1.82) is 0 Å². The van der Waals surface area contributed by atoms with Crippen LogP contribution in [0.25, 0.3) is 0 Å². The quantitative estimate of drug-likeness (QED) is 0.252. The molecule has 2 atom stereocenters. The molecule has 4 aromatic rings. The molecule has 1 amide bonds. The zero-order valence-electron chi connectivity index (χ0n) is 22.7. The number of pyridine rings is 1. The number of nitrogens with one attached hydrogen (secondary N) is 2. The summed E-state index contributed by atoms with van der Waals surface area (Å²) in [6.07, 6.45) is 3.01. The lowest BCUT2D eigenvalue weighted by molar-refractivity contribution is -0.116. The van der Waals surface area contributed by atoms with Crippen molar-refractivity contribution in [2.75, 3.05) is 11.9 Å². The minimum atomic E-state index is -0.117. The Balaban J connectivity index is 1.43. The Kier molecular flexibility index (Phi) is 8.07. The van der Waals surface area contributed by atoms with Gasteiger partial charge < -0.3 is 20.1 Å². The molecule has 200 valence electrons. The number of carbonyl (C=O) groups excluding carboxylic acids is 1. The number of hydrogen-bond acceptors (Lipinski definition) is 3. The average Bonchev–Trinajstić information content (AvgIpc) is 3.43. The zero-order valence-corrected chi connectivity index (χ0v) is 23.5.